The minimum absolute atomic E-state index is 0.151. The Balaban J connectivity index is 2.02. The van der Waals surface area contributed by atoms with Crippen molar-refractivity contribution in [3.63, 3.8) is 0 Å². The zero-order valence-electron chi connectivity index (χ0n) is 11.8. The Morgan fingerprint density at radius 3 is 2.45 bits per heavy atom. The van der Waals surface area contributed by atoms with Crippen molar-refractivity contribution in [3.8, 4) is 0 Å². The minimum Gasteiger partial charge on any atom is -0.253 e. The van der Waals surface area contributed by atoms with Gasteiger partial charge in [0.25, 0.3) is 0 Å². The first kappa shape index (κ1) is 13.5. The van der Waals surface area contributed by atoms with E-state index in [0.717, 1.165) is 0 Å². The van der Waals surface area contributed by atoms with Crippen LogP contribution in [-0.4, -0.2) is 22.8 Å². The molecule has 1 aliphatic rings. The van der Waals surface area contributed by atoms with Crippen molar-refractivity contribution in [2.45, 2.75) is 43.9 Å². The quantitative estimate of drug-likeness (QED) is 0.813. The van der Waals surface area contributed by atoms with E-state index in [1.54, 1.807) is 18.5 Å². The summed E-state index contributed by atoms with van der Waals surface area (Å²) >= 11 is 0. The number of rotatable bonds is 3. The lowest BCUT2D eigenvalue weighted by Crippen LogP contribution is -2.55. The molecule has 0 radical (unpaired) electrons. The predicted molar refractivity (Wildman–Crippen MR) is 80.0 cm³/mol. The molecular weight excluding hydrogens is 269 g/mol. The average Bonchev–Trinajstić information content (AvgIpc) is 3.02. The van der Waals surface area contributed by atoms with Gasteiger partial charge in [0.15, 0.2) is 0 Å². The van der Waals surface area contributed by atoms with Gasteiger partial charge in [-0.25, -0.2) is 9.37 Å². The number of benzene rings is 1. The SMILES string of the molecule is CC(n1cncn1)[Si]1(c2ccc(F)cc2)CCCCC1. The van der Waals surface area contributed by atoms with Crippen LogP contribution in [-0.2, 0) is 0 Å². The number of halogens is 1. The molecule has 1 aromatic heterocycles. The van der Waals surface area contributed by atoms with Crippen molar-refractivity contribution in [3.05, 3.63) is 42.7 Å². The maximum Gasteiger partial charge on any atom is 0.137 e. The molecular formula is C15H20FN3Si. The largest absolute Gasteiger partial charge is 0.253 e. The Labute approximate surface area is 119 Å². The van der Waals surface area contributed by atoms with Crippen LogP contribution < -0.4 is 5.19 Å². The van der Waals surface area contributed by atoms with E-state index in [1.165, 1.54) is 36.5 Å². The standard InChI is InChI=1S/C15H20FN3Si/c1-13(19-12-17-11-18-19)20(9-3-2-4-10-20)15-7-5-14(16)6-8-15/h5-8,11-13H,2-4,9-10H2,1H3. The lowest BCUT2D eigenvalue weighted by atomic mass is 10.3. The molecule has 3 rings (SSSR count). The summed E-state index contributed by atoms with van der Waals surface area (Å²) in [5, 5.41) is 5.71. The normalized spacial score (nSPS) is 19.7. The summed E-state index contributed by atoms with van der Waals surface area (Å²) in [6.07, 6.45) is 7.30. The molecule has 0 amide bonds. The molecule has 1 aromatic carbocycles. The van der Waals surface area contributed by atoms with Crippen LogP contribution in [0, 0.1) is 5.82 Å². The van der Waals surface area contributed by atoms with Gasteiger partial charge in [-0.15, -0.1) is 0 Å². The molecule has 5 heteroatoms. The fraction of sp³-hybridized carbons (Fsp3) is 0.467. The molecule has 1 fully saturated rings. The van der Waals surface area contributed by atoms with Crippen LogP contribution >= 0.6 is 0 Å². The Morgan fingerprint density at radius 1 is 1.15 bits per heavy atom. The van der Waals surface area contributed by atoms with Gasteiger partial charge in [-0.1, -0.05) is 48.7 Å². The first-order valence-electron chi connectivity index (χ1n) is 7.32. The molecule has 1 atom stereocenters. The highest BCUT2D eigenvalue weighted by molar-refractivity contribution is 6.92. The maximum atomic E-state index is 13.2. The van der Waals surface area contributed by atoms with Gasteiger partial charge in [0.2, 0.25) is 0 Å². The van der Waals surface area contributed by atoms with E-state index in [4.69, 9.17) is 0 Å². The summed E-state index contributed by atoms with van der Waals surface area (Å²) < 4.78 is 15.2. The van der Waals surface area contributed by atoms with Crippen molar-refractivity contribution in [1.82, 2.24) is 14.8 Å². The predicted octanol–water partition coefficient (Wildman–Crippen LogP) is 3.06. The van der Waals surface area contributed by atoms with E-state index < -0.39 is 8.07 Å². The Hall–Kier alpha value is -1.49. The van der Waals surface area contributed by atoms with Crippen LogP contribution in [0.25, 0.3) is 0 Å². The maximum absolute atomic E-state index is 13.2. The van der Waals surface area contributed by atoms with Crippen LogP contribution in [0.3, 0.4) is 0 Å². The summed E-state index contributed by atoms with van der Waals surface area (Å²) in [6, 6.07) is 9.74. The molecule has 3 nitrogen and oxygen atoms in total. The van der Waals surface area contributed by atoms with Crippen molar-refractivity contribution >= 4 is 13.3 Å². The first-order valence-corrected chi connectivity index (χ1v) is 9.82. The first-order chi connectivity index (χ1) is 9.72. The smallest absolute Gasteiger partial charge is 0.137 e. The van der Waals surface area contributed by atoms with Gasteiger partial charge >= 0.3 is 0 Å². The molecule has 0 aliphatic carbocycles. The van der Waals surface area contributed by atoms with E-state index in [9.17, 15) is 4.39 Å². The number of hydrogen-bond donors (Lipinski definition) is 0. The minimum atomic E-state index is -1.70. The van der Waals surface area contributed by atoms with Crippen LogP contribution in [0.1, 0.15) is 31.9 Å². The molecule has 0 N–H and O–H groups in total. The van der Waals surface area contributed by atoms with Crippen molar-refractivity contribution in [2.24, 2.45) is 0 Å². The molecule has 1 unspecified atom stereocenters. The molecule has 0 bridgehead atoms. The molecule has 2 heterocycles. The van der Waals surface area contributed by atoms with E-state index in [-0.39, 0.29) is 5.82 Å². The highest BCUT2D eigenvalue weighted by atomic mass is 28.3. The van der Waals surface area contributed by atoms with Gasteiger partial charge in [-0.2, -0.15) is 5.10 Å². The molecule has 0 saturated carbocycles. The molecule has 2 aromatic rings. The van der Waals surface area contributed by atoms with Gasteiger partial charge in [0.05, 0.1) is 0 Å². The summed E-state index contributed by atoms with van der Waals surface area (Å²) in [6.45, 7) is 2.26. The van der Waals surface area contributed by atoms with Gasteiger partial charge in [-0.3, -0.25) is 4.68 Å². The second-order valence-electron chi connectivity index (χ2n) is 5.78. The third kappa shape index (κ3) is 2.30. The van der Waals surface area contributed by atoms with E-state index in [0.29, 0.717) is 5.67 Å². The average molecular weight is 289 g/mol. The van der Waals surface area contributed by atoms with Crippen molar-refractivity contribution in [2.75, 3.05) is 0 Å². The van der Waals surface area contributed by atoms with Crippen LogP contribution in [0.15, 0.2) is 36.9 Å². The Bertz CT molecular complexity index is 547. The summed E-state index contributed by atoms with van der Waals surface area (Å²) in [7, 11) is -1.70. The second-order valence-corrected chi connectivity index (χ2v) is 10.5. The summed E-state index contributed by atoms with van der Waals surface area (Å²) in [5.41, 5.74) is 0.371. The molecule has 20 heavy (non-hydrogen) atoms. The monoisotopic (exact) mass is 289 g/mol. The van der Waals surface area contributed by atoms with E-state index in [1.807, 2.05) is 23.1 Å². The van der Waals surface area contributed by atoms with E-state index in [2.05, 4.69) is 17.0 Å². The van der Waals surface area contributed by atoms with Crippen molar-refractivity contribution < 1.29 is 4.39 Å². The Kier molecular flexibility index (Phi) is 3.69. The third-order valence-electron chi connectivity index (χ3n) is 4.80. The lowest BCUT2D eigenvalue weighted by molar-refractivity contribution is 0.581. The number of hydrogen-bond acceptors (Lipinski definition) is 2. The summed E-state index contributed by atoms with van der Waals surface area (Å²) in [4.78, 5) is 4.09. The second kappa shape index (κ2) is 5.48. The Morgan fingerprint density at radius 2 is 1.85 bits per heavy atom. The van der Waals surface area contributed by atoms with Crippen LogP contribution in [0.2, 0.25) is 12.1 Å². The fourth-order valence-corrected chi connectivity index (χ4v) is 8.96. The topological polar surface area (TPSA) is 30.7 Å². The zero-order chi connectivity index (χ0) is 14.0. The molecule has 1 saturated heterocycles. The summed E-state index contributed by atoms with van der Waals surface area (Å²) in [5.74, 6) is -0.151. The van der Waals surface area contributed by atoms with Gasteiger partial charge in [0.1, 0.15) is 26.5 Å². The number of aromatic nitrogens is 3. The van der Waals surface area contributed by atoms with Gasteiger partial charge in [-0.05, 0) is 19.1 Å². The van der Waals surface area contributed by atoms with Gasteiger partial charge in [0, 0.05) is 5.67 Å². The lowest BCUT2D eigenvalue weighted by Gasteiger charge is -2.40. The molecule has 0 spiro atoms. The van der Waals surface area contributed by atoms with Crippen LogP contribution in [0.4, 0.5) is 4.39 Å². The van der Waals surface area contributed by atoms with E-state index >= 15 is 0 Å². The highest BCUT2D eigenvalue weighted by Crippen LogP contribution is 2.36. The zero-order valence-corrected chi connectivity index (χ0v) is 12.8. The number of nitrogens with zero attached hydrogens (tertiary/aromatic N) is 3. The molecule has 106 valence electrons. The van der Waals surface area contributed by atoms with Crippen molar-refractivity contribution in [1.29, 1.82) is 0 Å². The third-order valence-corrected chi connectivity index (χ3v) is 10.6. The fourth-order valence-electron chi connectivity index (χ4n) is 3.58. The highest BCUT2D eigenvalue weighted by Gasteiger charge is 2.42. The van der Waals surface area contributed by atoms with Crippen LogP contribution in [0.5, 0.6) is 0 Å². The molecule has 1 aliphatic heterocycles. The van der Waals surface area contributed by atoms with Gasteiger partial charge < -0.3 is 0 Å².